The highest BCUT2D eigenvalue weighted by atomic mass is 15.0. The summed E-state index contributed by atoms with van der Waals surface area (Å²) in [4.78, 5) is 0. The van der Waals surface area contributed by atoms with Crippen molar-refractivity contribution < 1.29 is 0 Å². The van der Waals surface area contributed by atoms with E-state index < -0.39 is 0 Å². The van der Waals surface area contributed by atoms with Crippen LogP contribution in [0.1, 0.15) is 45.4 Å². The van der Waals surface area contributed by atoms with Gasteiger partial charge in [0.25, 0.3) is 0 Å². The third-order valence-electron chi connectivity index (χ3n) is 3.20. The summed E-state index contributed by atoms with van der Waals surface area (Å²) in [6, 6.07) is 1.76. The smallest absolute Gasteiger partial charge is 0.00747 e. The van der Waals surface area contributed by atoms with Crippen LogP contribution in [-0.4, -0.2) is 12.1 Å². The predicted molar refractivity (Wildman–Crippen MR) is 47.6 cm³/mol. The molecule has 0 saturated heterocycles. The highest BCUT2D eigenvalue weighted by Gasteiger charge is 2.27. The lowest BCUT2D eigenvalue weighted by Crippen LogP contribution is -2.44. The van der Waals surface area contributed by atoms with Gasteiger partial charge in [-0.3, -0.25) is 0 Å². The molecule has 0 heterocycles. The standard InChI is InChI=1S/C10H19N/c1-8-6-10(7-8)11-9-4-2-3-5-9/h8-11H,2-7H2,1H3. The molecule has 64 valence electrons. The van der Waals surface area contributed by atoms with Crippen molar-refractivity contribution in [3.63, 3.8) is 0 Å². The van der Waals surface area contributed by atoms with Gasteiger partial charge in [0.1, 0.15) is 0 Å². The lowest BCUT2D eigenvalue weighted by Gasteiger charge is -2.35. The molecule has 0 aromatic carbocycles. The second-order valence-corrected chi connectivity index (χ2v) is 4.42. The molecule has 2 aliphatic carbocycles. The van der Waals surface area contributed by atoms with E-state index in [1.54, 1.807) is 0 Å². The molecule has 11 heavy (non-hydrogen) atoms. The summed E-state index contributed by atoms with van der Waals surface area (Å²) in [7, 11) is 0. The molecule has 1 heteroatoms. The van der Waals surface area contributed by atoms with E-state index in [1.165, 1.54) is 38.5 Å². The number of hydrogen-bond acceptors (Lipinski definition) is 1. The molecule has 0 bridgehead atoms. The van der Waals surface area contributed by atoms with Crippen molar-refractivity contribution in [2.24, 2.45) is 5.92 Å². The minimum absolute atomic E-state index is 0.882. The molecule has 1 nitrogen and oxygen atoms in total. The van der Waals surface area contributed by atoms with Crippen molar-refractivity contribution in [2.75, 3.05) is 0 Å². The second-order valence-electron chi connectivity index (χ2n) is 4.42. The molecule has 0 atom stereocenters. The second kappa shape index (κ2) is 3.14. The summed E-state index contributed by atoms with van der Waals surface area (Å²) >= 11 is 0. The Kier molecular flexibility index (Phi) is 2.17. The molecular formula is C10H19N. The van der Waals surface area contributed by atoms with Crippen LogP contribution in [0.15, 0.2) is 0 Å². The Balaban J connectivity index is 1.66. The van der Waals surface area contributed by atoms with Crippen molar-refractivity contribution in [1.29, 1.82) is 0 Å². The van der Waals surface area contributed by atoms with Crippen molar-refractivity contribution in [1.82, 2.24) is 5.32 Å². The summed E-state index contributed by atoms with van der Waals surface area (Å²) < 4.78 is 0. The Morgan fingerprint density at radius 2 is 1.64 bits per heavy atom. The summed E-state index contributed by atoms with van der Waals surface area (Å²) in [6.45, 7) is 2.35. The van der Waals surface area contributed by atoms with Gasteiger partial charge in [0.2, 0.25) is 0 Å². The van der Waals surface area contributed by atoms with Crippen molar-refractivity contribution in [2.45, 2.75) is 57.5 Å². The van der Waals surface area contributed by atoms with Crippen molar-refractivity contribution in [3.05, 3.63) is 0 Å². The van der Waals surface area contributed by atoms with Crippen LogP contribution in [0, 0.1) is 5.92 Å². The fourth-order valence-corrected chi connectivity index (χ4v) is 2.46. The molecule has 1 N–H and O–H groups in total. The number of hydrogen-bond donors (Lipinski definition) is 1. The van der Waals surface area contributed by atoms with E-state index in [4.69, 9.17) is 0 Å². The molecular weight excluding hydrogens is 134 g/mol. The molecule has 0 radical (unpaired) electrons. The maximum Gasteiger partial charge on any atom is 0.00747 e. The first kappa shape index (κ1) is 7.60. The molecule has 2 aliphatic rings. The first-order valence-corrected chi connectivity index (χ1v) is 5.10. The van der Waals surface area contributed by atoms with Gasteiger partial charge in [-0.15, -0.1) is 0 Å². The van der Waals surface area contributed by atoms with Gasteiger partial charge in [-0.25, -0.2) is 0 Å². The summed E-state index contributed by atoms with van der Waals surface area (Å²) in [5, 5.41) is 3.75. The van der Waals surface area contributed by atoms with Crippen LogP contribution >= 0.6 is 0 Å². The predicted octanol–water partition coefficient (Wildman–Crippen LogP) is 2.32. The minimum atomic E-state index is 0.882. The fraction of sp³-hybridized carbons (Fsp3) is 1.00. The van der Waals surface area contributed by atoms with E-state index in [1.807, 2.05) is 0 Å². The number of nitrogens with one attached hydrogen (secondary N) is 1. The van der Waals surface area contributed by atoms with Gasteiger partial charge in [-0.2, -0.15) is 0 Å². The highest BCUT2D eigenvalue weighted by molar-refractivity contribution is 4.86. The van der Waals surface area contributed by atoms with E-state index in [-0.39, 0.29) is 0 Å². The first-order valence-electron chi connectivity index (χ1n) is 5.10. The van der Waals surface area contributed by atoms with Crippen LogP contribution in [0.25, 0.3) is 0 Å². The zero-order valence-corrected chi connectivity index (χ0v) is 7.47. The maximum absolute atomic E-state index is 3.75. The Bertz CT molecular complexity index is 121. The van der Waals surface area contributed by atoms with E-state index in [0.717, 1.165) is 18.0 Å². The molecule has 2 fully saturated rings. The van der Waals surface area contributed by atoms with Gasteiger partial charge < -0.3 is 5.32 Å². The van der Waals surface area contributed by atoms with Crippen LogP contribution in [-0.2, 0) is 0 Å². The van der Waals surface area contributed by atoms with Crippen LogP contribution < -0.4 is 5.32 Å². The highest BCUT2D eigenvalue weighted by Crippen LogP contribution is 2.28. The van der Waals surface area contributed by atoms with Gasteiger partial charge in [0.05, 0.1) is 0 Å². The Morgan fingerprint density at radius 3 is 2.18 bits per heavy atom. The van der Waals surface area contributed by atoms with E-state index >= 15 is 0 Å². The Labute approximate surface area is 69.6 Å². The van der Waals surface area contributed by atoms with E-state index in [9.17, 15) is 0 Å². The summed E-state index contributed by atoms with van der Waals surface area (Å²) in [5.74, 6) is 0.994. The van der Waals surface area contributed by atoms with Gasteiger partial charge in [-0.1, -0.05) is 19.8 Å². The number of rotatable bonds is 2. The first-order chi connectivity index (χ1) is 5.34. The minimum Gasteiger partial charge on any atom is -0.311 e. The SMILES string of the molecule is CC1CC(NC2CCCC2)C1. The lowest BCUT2D eigenvalue weighted by atomic mass is 9.81. The molecule has 2 saturated carbocycles. The fourth-order valence-electron chi connectivity index (χ4n) is 2.46. The van der Waals surface area contributed by atoms with Crippen molar-refractivity contribution in [3.8, 4) is 0 Å². The van der Waals surface area contributed by atoms with Crippen LogP contribution in [0.4, 0.5) is 0 Å². The summed E-state index contributed by atoms with van der Waals surface area (Å²) in [5.41, 5.74) is 0. The summed E-state index contributed by atoms with van der Waals surface area (Å²) in [6.07, 6.45) is 8.64. The zero-order valence-electron chi connectivity index (χ0n) is 7.47. The van der Waals surface area contributed by atoms with Crippen molar-refractivity contribution >= 4 is 0 Å². The van der Waals surface area contributed by atoms with E-state index in [0.29, 0.717) is 0 Å². The quantitative estimate of drug-likeness (QED) is 0.642. The van der Waals surface area contributed by atoms with Gasteiger partial charge >= 0.3 is 0 Å². The average Bonchev–Trinajstić information content (AvgIpc) is 2.36. The van der Waals surface area contributed by atoms with Gasteiger partial charge in [0.15, 0.2) is 0 Å². The molecule has 0 aliphatic heterocycles. The van der Waals surface area contributed by atoms with E-state index in [2.05, 4.69) is 12.2 Å². The Hall–Kier alpha value is -0.0400. The molecule has 2 rings (SSSR count). The third kappa shape index (κ3) is 1.76. The zero-order chi connectivity index (χ0) is 7.68. The topological polar surface area (TPSA) is 12.0 Å². The maximum atomic E-state index is 3.75. The van der Waals surface area contributed by atoms with Crippen LogP contribution in [0.3, 0.4) is 0 Å². The normalized spacial score (nSPS) is 39.0. The lowest BCUT2D eigenvalue weighted by molar-refractivity contribution is 0.222. The molecule has 0 spiro atoms. The molecule has 0 unspecified atom stereocenters. The van der Waals surface area contributed by atoms with Crippen LogP contribution in [0.2, 0.25) is 0 Å². The van der Waals surface area contributed by atoms with Gasteiger partial charge in [0, 0.05) is 12.1 Å². The Morgan fingerprint density at radius 1 is 1.00 bits per heavy atom. The van der Waals surface area contributed by atoms with Crippen LogP contribution in [0.5, 0.6) is 0 Å². The van der Waals surface area contributed by atoms with Gasteiger partial charge in [-0.05, 0) is 31.6 Å². The third-order valence-corrected chi connectivity index (χ3v) is 3.20. The molecule has 0 aromatic rings. The average molecular weight is 153 g/mol. The monoisotopic (exact) mass is 153 g/mol. The largest absolute Gasteiger partial charge is 0.311 e. The molecule has 0 amide bonds. The molecule has 0 aromatic heterocycles.